The molecule has 0 saturated carbocycles. The molecule has 4 rings (SSSR count). The summed E-state index contributed by atoms with van der Waals surface area (Å²) in [6.45, 7) is 2.20. The zero-order valence-corrected chi connectivity index (χ0v) is 16.7. The Balaban J connectivity index is 1.60. The smallest absolute Gasteiger partial charge is 0.407 e. The summed E-state index contributed by atoms with van der Waals surface area (Å²) in [6, 6.07) is 18.4. The number of alkyl carbamates (subject to hydrolysis) is 1. The van der Waals surface area contributed by atoms with Crippen LogP contribution in [0.3, 0.4) is 0 Å². The van der Waals surface area contributed by atoms with Gasteiger partial charge in [0.15, 0.2) is 0 Å². The molecule has 148 valence electrons. The first-order chi connectivity index (χ1) is 13.6. The van der Waals surface area contributed by atoms with Gasteiger partial charge in [-0.05, 0) is 23.3 Å². The molecule has 1 amide bonds. The molecule has 28 heavy (non-hydrogen) atoms. The number of benzene rings is 2. The summed E-state index contributed by atoms with van der Waals surface area (Å²) in [5, 5.41) is 3.51. The van der Waals surface area contributed by atoms with E-state index in [2.05, 4.69) is 40.5 Å². The SMILES string of the molecule is COC(C(c1ccccc1)c1cccc(Cl)c1)N1CCC2(CC1)CNC(=O)O2. The molecule has 2 unspecified atom stereocenters. The van der Waals surface area contributed by atoms with Crippen LogP contribution >= 0.6 is 11.6 Å². The van der Waals surface area contributed by atoms with Crippen molar-refractivity contribution in [3.63, 3.8) is 0 Å². The normalized spacial score (nSPS) is 21.1. The van der Waals surface area contributed by atoms with Crippen LogP contribution in [0.1, 0.15) is 29.9 Å². The van der Waals surface area contributed by atoms with Crippen molar-refractivity contribution < 1.29 is 14.3 Å². The molecule has 0 aromatic heterocycles. The predicted molar refractivity (Wildman–Crippen MR) is 109 cm³/mol. The lowest BCUT2D eigenvalue weighted by Crippen LogP contribution is -2.52. The van der Waals surface area contributed by atoms with Crippen LogP contribution in [0, 0.1) is 0 Å². The van der Waals surface area contributed by atoms with Gasteiger partial charge in [0, 0.05) is 44.0 Å². The number of methoxy groups -OCH3 is 1. The number of piperidine rings is 1. The Morgan fingerprint density at radius 2 is 1.82 bits per heavy atom. The Morgan fingerprint density at radius 1 is 1.11 bits per heavy atom. The Labute approximate surface area is 170 Å². The topological polar surface area (TPSA) is 50.8 Å². The van der Waals surface area contributed by atoms with E-state index in [1.165, 1.54) is 5.56 Å². The molecule has 2 fully saturated rings. The Hall–Kier alpha value is -2.08. The van der Waals surface area contributed by atoms with E-state index in [1.807, 2.05) is 24.3 Å². The second-order valence-corrected chi connectivity index (χ2v) is 7.97. The molecule has 2 saturated heterocycles. The second kappa shape index (κ2) is 8.11. The van der Waals surface area contributed by atoms with E-state index >= 15 is 0 Å². The molecule has 2 aliphatic rings. The number of carbonyl (C=O) groups excluding carboxylic acids is 1. The monoisotopic (exact) mass is 400 g/mol. The molecule has 2 aromatic rings. The number of nitrogens with one attached hydrogen (secondary N) is 1. The van der Waals surface area contributed by atoms with Crippen LogP contribution in [0.15, 0.2) is 54.6 Å². The highest BCUT2D eigenvalue weighted by atomic mass is 35.5. The van der Waals surface area contributed by atoms with Crippen LogP contribution in [-0.4, -0.2) is 49.6 Å². The molecule has 6 heteroatoms. The lowest BCUT2D eigenvalue weighted by Gasteiger charge is -2.43. The number of ether oxygens (including phenoxy) is 2. The third-order valence-electron chi connectivity index (χ3n) is 5.83. The Kier molecular flexibility index (Phi) is 5.58. The minimum atomic E-state index is -0.371. The molecule has 2 aliphatic heterocycles. The van der Waals surface area contributed by atoms with Gasteiger partial charge in [-0.25, -0.2) is 4.79 Å². The zero-order chi connectivity index (χ0) is 19.6. The highest BCUT2D eigenvalue weighted by molar-refractivity contribution is 6.30. The van der Waals surface area contributed by atoms with Gasteiger partial charge in [0.1, 0.15) is 11.8 Å². The molecule has 1 spiro atoms. The van der Waals surface area contributed by atoms with E-state index < -0.39 is 0 Å². The number of amides is 1. The summed E-state index contributed by atoms with van der Waals surface area (Å²) < 4.78 is 11.6. The van der Waals surface area contributed by atoms with Crippen LogP contribution < -0.4 is 5.32 Å². The number of nitrogens with zero attached hydrogens (tertiary/aromatic N) is 1. The molecule has 0 aliphatic carbocycles. The van der Waals surface area contributed by atoms with E-state index in [9.17, 15) is 4.79 Å². The third-order valence-corrected chi connectivity index (χ3v) is 6.06. The highest BCUT2D eigenvalue weighted by Gasteiger charge is 2.45. The maximum absolute atomic E-state index is 11.5. The average molecular weight is 401 g/mol. The fraction of sp³-hybridized carbons (Fsp3) is 0.409. The number of rotatable bonds is 5. The van der Waals surface area contributed by atoms with Crippen LogP contribution in [0.2, 0.25) is 5.02 Å². The molecule has 0 bridgehead atoms. The van der Waals surface area contributed by atoms with Gasteiger partial charge in [0.05, 0.1) is 6.54 Å². The number of likely N-dealkylation sites (tertiary alicyclic amines) is 1. The first kappa shape index (κ1) is 19.2. The fourth-order valence-corrected chi connectivity index (χ4v) is 4.54. The van der Waals surface area contributed by atoms with Crippen molar-refractivity contribution in [3.8, 4) is 0 Å². The summed E-state index contributed by atoms with van der Waals surface area (Å²) in [6.07, 6.45) is 1.15. The van der Waals surface area contributed by atoms with Crippen LogP contribution in [0.4, 0.5) is 4.79 Å². The van der Waals surface area contributed by atoms with E-state index in [-0.39, 0.29) is 23.8 Å². The largest absolute Gasteiger partial charge is 0.441 e. The van der Waals surface area contributed by atoms with Crippen molar-refractivity contribution in [3.05, 3.63) is 70.7 Å². The fourth-order valence-electron chi connectivity index (χ4n) is 4.35. The zero-order valence-electron chi connectivity index (χ0n) is 15.9. The van der Waals surface area contributed by atoms with Crippen LogP contribution in [0.25, 0.3) is 0 Å². The van der Waals surface area contributed by atoms with Crippen molar-refractivity contribution in [1.29, 1.82) is 0 Å². The molecule has 2 aromatic carbocycles. The van der Waals surface area contributed by atoms with Crippen molar-refractivity contribution >= 4 is 17.7 Å². The molecule has 5 nitrogen and oxygen atoms in total. The standard InChI is InChI=1S/C22H25ClN2O3/c1-27-20(25-12-10-22(11-13-25)15-24-21(26)28-22)19(16-6-3-2-4-7-16)17-8-5-9-18(23)14-17/h2-9,14,19-20H,10-13,15H2,1H3,(H,24,26). The summed E-state index contributed by atoms with van der Waals surface area (Å²) in [4.78, 5) is 13.9. The van der Waals surface area contributed by atoms with Gasteiger partial charge < -0.3 is 14.8 Å². The quantitative estimate of drug-likeness (QED) is 0.823. The number of hydrogen-bond donors (Lipinski definition) is 1. The molecule has 2 atom stereocenters. The molecule has 0 radical (unpaired) electrons. The average Bonchev–Trinajstić information content (AvgIpc) is 3.07. The molecular formula is C22H25ClN2O3. The van der Waals surface area contributed by atoms with Crippen molar-refractivity contribution in [2.45, 2.75) is 30.6 Å². The maximum atomic E-state index is 11.5. The lowest BCUT2D eigenvalue weighted by molar-refractivity contribution is -0.0847. The van der Waals surface area contributed by atoms with Crippen molar-refractivity contribution in [2.75, 3.05) is 26.7 Å². The summed E-state index contributed by atoms with van der Waals surface area (Å²) >= 11 is 6.30. The van der Waals surface area contributed by atoms with E-state index in [0.29, 0.717) is 6.54 Å². The summed E-state index contributed by atoms with van der Waals surface area (Å²) in [7, 11) is 1.76. The van der Waals surface area contributed by atoms with E-state index in [1.54, 1.807) is 7.11 Å². The van der Waals surface area contributed by atoms with Gasteiger partial charge in [0.25, 0.3) is 0 Å². The van der Waals surface area contributed by atoms with Crippen LogP contribution in [0.5, 0.6) is 0 Å². The number of carbonyl (C=O) groups is 1. The highest BCUT2D eigenvalue weighted by Crippen LogP contribution is 2.36. The molecular weight excluding hydrogens is 376 g/mol. The van der Waals surface area contributed by atoms with Crippen molar-refractivity contribution in [2.24, 2.45) is 0 Å². The van der Waals surface area contributed by atoms with Gasteiger partial charge in [0.2, 0.25) is 0 Å². The molecule has 2 heterocycles. The first-order valence-electron chi connectivity index (χ1n) is 9.64. The molecule has 1 N–H and O–H groups in total. The summed E-state index contributed by atoms with van der Waals surface area (Å²) in [5.74, 6) is 0.0307. The Bertz CT molecular complexity index is 822. The van der Waals surface area contributed by atoms with Gasteiger partial charge in [-0.1, -0.05) is 54.1 Å². The number of hydrogen-bond acceptors (Lipinski definition) is 4. The van der Waals surface area contributed by atoms with E-state index in [4.69, 9.17) is 21.1 Å². The maximum Gasteiger partial charge on any atom is 0.407 e. The lowest BCUT2D eigenvalue weighted by atomic mass is 9.86. The van der Waals surface area contributed by atoms with Crippen molar-refractivity contribution in [1.82, 2.24) is 10.2 Å². The van der Waals surface area contributed by atoms with Gasteiger partial charge in [-0.15, -0.1) is 0 Å². The minimum absolute atomic E-state index is 0.0307. The first-order valence-corrected chi connectivity index (χ1v) is 10.0. The van der Waals surface area contributed by atoms with Gasteiger partial charge in [-0.3, -0.25) is 4.90 Å². The van der Waals surface area contributed by atoms with Gasteiger partial charge in [-0.2, -0.15) is 0 Å². The predicted octanol–water partition coefficient (Wildman–Crippen LogP) is 4.02. The number of halogens is 1. The second-order valence-electron chi connectivity index (χ2n) is 7.53. The summed E-state index contributed by atoms with van der Waals surface area (Å²) in [5.41, 5.74) is 1.94. The third kappa shape index (κ3) is 3.88. The van der Waals surface area contributed by atoms with E-state index in [0.717, 1.165) is 36.5 Å². The van der Waals surface area contributed by atoms with Crippen LogP contribution in [-0.2, 0) is 9.47 Å². The van der Waals surface area contributed by atoms with Gasteiger partial charge >= 0.3 is 6.09 Å². The Morgan fingerprint density at radius 3 is 2.43 bits per heavy atom. The minimum Gasteiger partial charge on any atom is -0.441 e.